The highest BCUT2D eigenvalue weighted by Gasteiger charge is 2.54. The Morgan fingerprint density at radius 2 is 0.714 bits per heavy atom. The molecule has 3 aromatic carbocycles. The van der Waals surface area contributed by atoms with Gasteiger partial charge in [-0.05, 0) is 35.4 Å². The number of fused-ring (bicyclic) bond motifs is 2. The van der Waals surface area contributed by atoms with Gasteiger partial charge >= 0.3 is 25.1 Å². The molecular formula is C36H8F12N6O2. The first-order valence-corrected chi connectivity index (χ1v) is 14.6. The summed E-state index contributed by atoms with van der Waals surface area (Å²) in [6, 6.07) is 12.6. The van der Waals surface area contributed by atoms with Gasteiger partial charge in [0.1, 0.15) is 59.1 Å². The first kappa shape index (κ1) is 39.5. The first-order valence-electron chi connectivity index (χ1n) is 14.6. The molecule has 0 atom stereocenters. The van der Waals surface area contributed by atoms with E-state index in [1.807, 2.05) is 0 Å². The van der Waals surface area contributed by atoms with Gasteiger partial charge in [-0.25, -0.2) is 0 Å². The van der Waals surface area contributed by atoms with Crippen molar-refractivity contribution in [3.05, 3.63) is 104 Å². The second kappa shape index (κ2) is 13.6. The zero-order valence-electron chi connectivity index (χ0n) is 26.7. The average Bonchev–Trinajstić information content (AvgIpc) is 3.59. The fraction of sp³-hybridized carbons (Fsp3) is 0.111. The predicted molar refractivity (Wildman–Crippen MR) is 164 cm³/mol. The van der Waals surface area contributed by atoms with Gasteiger partial charge in [-0.15, -0.1) is 26.3 Å². The minimum atomic E-state index is -5.90. The molecule has 0 saturated heterocycles. The van der Waals surface area contributed by atoms with Crippen molar-refractivity contribution < 1.29 is 62.2 Å². The number of halogens is 12. The Labute approximate surface area is 304 Å². The zero-order valence-corrected chi connectivity index (χ0v) is 26.7. The Hall–Kier alpha value is -7.68. The van der Waals surface area contributed by atoms with Crippen molar-refractivity contribution in [3.63, 3.8) is 0 Å². The minimum absolute atomic E-state index is 0.569. The van der Waals surface area contributed by atoms with Crippen LogP contribution in [0.15, 0.2) is 59.7 Å². The molecule has 3 aromatic rings. The molecule has 0 aromatic heterocycles. The molecule has 0 bridgehead atoms. The van der Waals surface area contributed by atoms with Gasteiger partial charge in [0.15, 0.2) is 0 Å². The van der Waals surface area contributed by atoms with E-state index in [2.05, 4.69) is 9.47 Å². The van der Waals surface area contributed by atoms with Crippen LogP contribution < -0.4 is 9.47 Å². The van der Waals surface area contributed by atoms with Gasteiger partial charge in [0, 0.05) is 44.5 Å². The topological polar surface area (TPSA) is 161 Å². The SMILES string of the molecule is N#CC(C#N)=C1C(c2ccc(OC(F)(F)F)cc2)=C(C#N)c2c1c(C(F)(F)F)c1c(c2C(F)(F)F)C(C#N)=C(c2ccc(OC(F)(F)F)cc2)C1=C(C#N)C#N. The van der Waals surface area contributed by atoms with Crippen molar-refractivity contribution >= 4 is 33.4 Å². The minimum Gasteiger partial charge on any atom is -0.406 e. The fourth-order valence-corrected chi connectivity index (χ4v) is 6.29. The zero-order chi connectivity index (χ0) is 41.7. The molecule has 0 N–H and O–H groups in total. The van der Waals surface area contributed by atoms with Crippen LogP contribution in [-0.4, -0.2) is 12.7 Å². The number of alkyl halides is 12. The number of ether oxygens (including phenoxy) is 2. The van der Waals surface area contributed by atoms with Crippen molar-refractivity contribution in [2.45, 2.75) is 25.1 Å². The van der Waals surface area contributed by atoms with Gasteiger partial charge in [-0.2, -0.15) is 57.9 Å². The Morgan fingerprint density at radius 1 is 0.429 bits per heavy atom. The van der Waals surface area contributed by atoms with Crippen LogP contribution in [0.25, 0.3) is 33.4 Å². The maximum Gasteiger partial charge on any atom is 0.573 e. The molecular weight excluding hydrogens is 776 g/mol. The number of allylic oxidation sites excluding steroid dienone is 8. The largest absolute Gasteiger partial charge is 0.573 e. The van der Waals surface area contributed by atoms with Gasteiger partial charge in [-0.3, -0.25) is 0 Å². The Balaban J connectivity index is 2.08. The molecule has 5 rings (SSSR count). The lowest BCUT2D eigenvalue weighted by Gasteiger charge is -2.24. The Kier molecular flexibility index (Phi) is 9.62. The highest BCUT2D eigenvalue weighted by Crippen LogP contribution is 2.63. The van der Waals surface area contributed by atoms with Crippen LogP contribution in [0.5, 0.6) is 11.5 Å². The van der Waals surface area contributed by atoms with Crippen LogP contribution in [0, 0.1) is 68.0 Å². The van der Waals surface area contributed by atoms with E-state index in [0.717, 1.165) is 0 Å². The van der Waals surface area contributed by atoms with Crippen molar-refractivity contribution in [2.75, 3.05) is 0 Å². The number of benzene rings is 3. The van der Waals surface area contributed by atoms with E-state index in [1.54, 1.807) is 0 Å². The Morgan fingerprint density at radius 3 is 0.946 bits per heavy atom. The average molecular weight is 784 g/mol. The third-order valence-corrected chi connectivity index (χ3v) is 7.99. The molecule has 56 heavy (non-hydrogen) atoms. The van der Waals surface area contributed by atoms with E-state index in [-0.39, 0.29) is 0 Å². The first-order chi connectivity index (χ1) is 26.1. The maximum absolute atomic E-state index is 15.7. The smallest absolute Gasteiger partial charge is 0.406 e. The van der Waals surface area contributed by atoms with Gasteiger partial charge in [0.05, 0.1) is 22.3 Å². The third kappa shape index (κ3) is 6.80. The van der Waals surface area contributed by atoms with Crippen LogP contribution >= 0.6 is 0 Å². The number of hydrogen-bond donors (Lipinski definition) is 0. The molecule has 2 aliphatic carbocycles. The summed E-state index contributed by atoms with van der Waals surface area (Å²) in [4.78, 5) is 0. The summed E-state index contributed by atoms with van der Waals surface area (Å²) in [5.74, 6) is -1.87. The number of hydrogen-bond acceptors (Lipinski definition) is 8. The molecule has 0 saturated carbocycles. The molecule has 20 heteroatoms. The molecule has 0 spiro atoms. The van der Waals surface area contributed by atoms with Crippen LogP contribution in [0.3, 0.4) is 0 Å². The summed E-state index contributed by atoms with van der Waals surface area (Å²) in [6.45, 7) is 0. The lowest BCUT2D eigenvalue weighted by atomic mass is 9.81. The molecule has 0 amide bonds. The van der Waals surface area contributed by atoms with E-state index in [1.165, 1.54) is 36.4 Å². The van der Waals surface area contributed by atoms with E-state index < -0.39 is 126 Å². The molecule has 0 aliphatic heterocycles. The molecule has 0 heterocycles. The summed E-state index contributed by atoms with van der Waals surface area (Å²) < 4.78 is 178. The van der Waals surface area contributed by atoms with Crippen LogP contribution in [-0.2, 0) is 12.4 Å². The predicted octanol–water partition coefficient (Wildman–Crippen LogP) is 10.0. The van der Waals surface area contributed by atoms with Crippen molar-refractivity contribution in [2.24, 2.45) is 0 Å². The third-order valence-electron chi connectivity index (χ3n) is 7.99. The van der Waals surface area contributed by atoms with Gasteiger partial charge in [0.2, 0.25) is 0 Å². The summed E-state index contributed by atoms with van der Waals surface area (Å²) in [5.41, 5.74) is -21.8. The second-order valence-corrected chi connectivity index (χ2v) is 11.1. The van der Waals surface area contributed by atoms with Gasteiger partial charge in [0.25, 0.3) is 0 Å². The van der Waals surface area contributed by atoms with E-state index in [4.69, 9.17) is 0 Å². The number of nitriles is 6. The lowest BCUT2D eigenvalue weighted by Crippen LogP contribution is -2.20. The van der Waals surface area contributed by atoms with Crippen molar-refractivity contribution in [3.8, 4) is 47.9 Å². The van der Waals surface area contributed by atoms with Gasteiger partial charge < -0.3 is 9.47 Å². The summed E-state index contributed by atoms with van der Waals surface area (Å²) >= 11 is 0. The molecule has 0 unspecified atom stereocenters. The van der Waals surface area contributed by atoms with E-state index >= 15 is 26.3 Å². The quantitative estimate of drug-likeness (QED) is 0.187. The summed E-state index contributed by atoms with van der Waals surface area (Å²) in [7, 11) is 0. The van der Waals surface area contributed by atoms with Crippen LogP contribution in [0.2, 0.25) is 0 Å². The molecule has 0 radical (unpaired) electrons. The highest BCUT2D eigenvalue weighted by atomic mass is 19.4. The normalized spacial score (nSPS) is 13.8. The number of nitrogens with zero attached hydrogens (tertiary/aromatic N) is 6. The van der Waals surface area contributed by atoms with Crippen molar-refractivity contribution in [1.29, 1.82) is 31.6 Å². The number of rotatable bonds is 4. The van der Waals surface area contributed by atoms with Crippen LogP contribution in [0.1, 0.15) is 44.5 Å². The molecule has 0 fully saturated rings. The van der Waals surface area contributed by atoms with E-state index in [9.17, 15) is 57.9 Å². The molecule has 8 nitrogen and oxygen atoms in total. The summed E-state index contributed by atoms with van der Waals surface area (Å²) in [6.07, 6.45) is -22.3. The maximum atomic E-state index is 15.7. The molecule has 2 aliphatic rings. The fourth-order valence-electron chi connectivity index (χ4n) is 6.29. The second-order valence-electron chi connectivity index (χ2n) is 11.1. The monoisotopic (exact) mass is 784 g/mol. The summed E-state index contributed by atoms with van der Waals surface area (Å²) in [5, 5.41) is 60.2. The van der Waals surface area contributed by atoms with E-state index in [0.29, 0.717) is 48.5 Å². The highest BCUT2D eigenvalue weighted by molar-refractivity contribution is 6.31. The molecule has 278 valence electrons. The van der Waals surface area contributed by atoms with Gasteiger partial charge in [-0.1, -0.05) is 24.3 Å². The lowest BCUT2D eigenvalue weighted by molar-refractivity contribution is -0.275. The Bertz CT molecular complexity index is 2420. The van der Waals surface area contributed by atoms with Crippen molar-refractivity contribution in [1.82, 2.24) is 0 Å². The standard InChI is InChI=1S/C36H8F12N6O2/c37-33(38,39)31-27-21(13-53)23(15-1-5-19(6-2-15)55-35(43,44)45)25(17(9-49)10-50)29(27)32(34(40,41)42)30-26(18(11-51)12-52)24(22(14-54)28(30)31)16-3-7-20(8-4-16)56-36(46,47)48/h1-8H. The van der Waals surface area contributed by atoms with Crippen LogP contribution in [0.4, 0.5) is 52.7 Å².